The summed E-state index contributed by atoms with van der Waals surface area (Å²) in [4.78, 5) is 0. The lowest BCUT2D eigenvalue weighted by atomic mass is 9.79. The number of rotatable bonds is 6. The van der Waals surface area contributed by atoms with E-state index >= 15 is 0 Å². The van der Waals surface area contributed by atoms with Gasteiger partial charge in [0, 0.05) is 5.92 Å². The minimum atomic E-state index is -0.718. The molecule has 1 aliphatic rings. The fraction of sp³-hybridized carbons (Fsp3) is 0.231. The van der Waals surface area contributed by atoms with Crippen LogP contribution in [0.5, 0.6) is 0 Å². The summed E-state index contributed by atoms with van der Waals surface area (Å²) in [6.45, 7) is 0.490. The average Bonchev–Trinajstić information content (AvgIpc) is 2.78. The Morgan fingerprint density at radius 1 is 0.750 bits per heavy atom. The normalized spacial score (nSPS) is 19.5. The number of ether oxygens (including phenoxy) is 1. The van der Waals surface area contributed by atoms with Crippen LogP contribution in [0.1, 0.15) is 29.5 Å². The molecule has 0 unspecified atom stereocenters. The van der Waals surface area contributed by atoms with Gasteiger partial charge in [-0.2, -0.15) is 0 Å². The first-order chi connectivity index (χ1) is 13.8. The first-order valence-electron chi connectivity index (χ1n) is 9.96. The minimum Gasteiger partial charge on any atom is -0.389 e. The molecule has 0 fully saturated rings. The predicted molar refractivity (Wildman–Crippen MR) is 113 cm³/mol. The van der Waals surface area contributed by atoms with Crippen molar-refractivity contribution in [2.24, 2.45) is 5.92 Å². The van der Waals surface area contributed by atoms with Crippen molar-refractivity contribution in [2.45, 2.75) is 24.5 Å². The van der Waals surface area contributed by atoms with Gasteiger partial charge in [-0.25, -0.2) is 0 Å². The molecule has 3 aromatic rings. The predicted octanol–water partition coefficient (Wildman–Crippen LogP) is 5.32. The van der Waals surface area contributed by atoms with Crippen molar-refractivity contribution in [3.05, 3.63) is 120 Å². The first-order valence-corrected chi connectivity index (χ1v) is 9.96. The second-order valence-corrected chi connectivity index (χ2v) is 7.35. The number of hydrogen-bond donors (Lipinski definition) is 1. The molecule has 0 amide bonds. The summed E-state index contributed by atoms with van der Waals surface area (Å²) in [5.74, 6) is 0.0977. The Balaban J connectivity index is 1.82. The van der Waals surface area contributed by atoms with Gasteiger partial charge < -0.3 is 9.84 Å². The second-order valence-electron chi connectivity index (χ2n) is 7.35. The molecule has 0 heterocycles. The Morgan fingerprint density at radius 2 is 1.21 bits per heavy atom. The van der Waals surface area contributed by atoms with Gasteiger partial charge in [0.25, 0.3) is 0 Å². The monoisotopic (exact) mass is 370 g/mol. The molecule has 0 bridgehead atoms. The minimum absolute atomic E-state index is 0.0977. The lowest BCUT2D eigenvalue weighted by Gasteiger charge is -2.38. The molecular formula is C26H26O2. The highest BCUT2D eigenvalue weighted by atomic mass is 16.5. The molecule has 0 radical (unpaired) electrons. The van der Waals surface area contributed by atoms with E-state index in [-0.39, 0.29) is 5.92 Å². The van der Waals surface area contributed by atoms with Gasteiger partial charge in [0.1, 0.15) is 5.60 Å². The Morgan fingerprint density at radius 3 is 1.64 bits per heavy atom. The van der Waals surface area contributed by atoms with Crippen molar-refractivity contribution in [3.63, 3.8) is 0 Å². The van der Waals surface area contributed by atoms with Crippen molar-refractivity contribution in [1.29, 1.82) is 0 Å². The molecule has 2 nitrogen and oxygen atoms in total. The fourth-order valence-electron chi connectivity index (χ4n) is 4.06. The van der Waals surface area contributed by atoms with Gasteiger partial charge in [-0.1, -0.05) is 103 Å². The fourth-order valence-corrected chi connectivity index (χ4v) is 4.06. The van der Waals surface area contributed by atoms with Crippen LogP contribution < -0.4 is 0 Å². The van der Waals surface area contributed by atoms with E-state index in [0.717, 1.165) is 29.5 Å². The summed E-state index contributed by atoms with van der Waals surface area (Å²) < 4.78 is 6.80. The van der Waals surface area contributed by atoms with E-state index in [4.69, 9.17) is 4.74 Å². The Bertz CT molecular complexity index is 791. The zero-order valence-corrected chi connectivity index (χ0v) is 15.9. The van der Waals surface area contributed by atoms with Crippen LogP contribution in [-0.2, 0) is 10.3 Å². The van der Waals surface area contributed by atoms with E-state index in [1.807, 2.05) is 24.3 Å². The van der Waals surface area contributed by atoms with E-state index < -0.39 is 11.7 Å². The molecule has 0 aromatic heterocycles. The molecule has 1 N–H and O–H groups in total. The van der Waals surface area contributed by atoms with Gasteiger partial charge in [0.2, 0.25) is 0 Å². The molecule has 0 saturated heterocycles. The molecule has 2 heteroatoms. The van der Waals surface area contributed by atoms with Gasteiger partial charge in [0.15, 0.2) is 0 Å². The van der Waals surface area contributed by atoms with Gasteiger partial charge in [-0.3, -0.25) is 0 Å². The third-order valence-electron chi connectivity index (χ3n) is 5.58. The first kappa shape index (κ1) is 18.7. The molecular weight excluding hydrogens is 344 g/mol. The van der Waals surface area contributed by atoms with Crippen molar-refractivity contribution < 1.29 is 9.84 Å². The van der Waals surface area contributed by atoms with E-state index in [2.05, 4.69) is 78.9 Å². The molecule has 0 aliphatic heterocycles. The van der Waals surface area contributed by atoms with Crippen LogP contribution >= 0.6 is 0 Å². The van der Waals surface area contributed by atoms with Crippen molar-refractivity contribution in [3.8, 4) is 0 Å². The van der Waals surface area contributed by atoms with Crippen LogP contribution in [0.15, 0.2) is 103 Å². The summed E-state index contributed by atoms with van der Waals surface area (Å²) in [6, 6.07) is 31.1. The van der Waals surface area contributed by atoms with E-state index in [0.29, 0.717) is 6.61 Å². The maximum atomic E-state index is 10.4. The van der Waals surface area contributed by atoms with E-state index in [1.165, 1.54) is 0 Å². The third-order valence-corrected chi connectivity index (χ3v) is 5.58. The highest BCUT2D eigenvalue weighted by Crippen LogP contribution is 2.41. The molecule has 3 aromatic carbocycles. The van der Waals surface area contributed by atoms with Crippen molar-refractivity contribution in [1.82, 2.24) is 0 Å². The average molecular weight is 370 g/mol. The Hall–Kier alpha value is -2.68. The summed E-state index contributed by atoms with van der Waals surface area (Å²) in [5.41, 5.74) is 2.56. The zero-order chi connectivity index (χ0) is 19.2. The van der Waals surface area contributed by atoms with Crippen LogP contribution in [-0.4, -0.2) is 17.8 Å². The number of hydrogen-bond acceptors (Lipinski definition) is 2. The lowest BCUT2D eigenvalue weighted by molar-refractivity contribution is -0.0324. The summed E-state index contributed by atoms with van der Waals surface area (Å²) in [5, 5.41) is 10.4. The van der Waals surface area contributed by atoms with Crippen LogP contribution in [0.3, 0.4) is 0 Å². The molecule has 1 aliphatic carbocycles. The lowest BCUT2D eigenvalue weighted by Crippen LogP contribution is -2.37. The van der Waals surface area contributed by atoms with Crippen LogP contribution in [0.25, 0.3) is 0 Å². The van der Waals surface area contributed by atoms with E-state index in [1.54, 1.807) is 0 Å². The largest absolute Gasteiger partial charge is 0.389 e. The maximum Gasteiger partial charge on any atom is 0.143 e. The number of aliphatic hydroxyl groups is 1. The van der Waals surface area contributed by atoms with Gasteiger partial charge >= 0.3 is 0 Å². The molecule has 4 rings (SSSR count). The molecule has 142 valence electrons. The van der Waals surface area contributed by atoms with Gasteiger partial charge in [-0.15, -0.1) is 0 Å². The summed E-state index contributed by atoms with van der Waals surface area (Å²) in [6.07, 6.45) is 5.42. The quantitative estimate of drug-likeness (QED) is 0.470. The van der Waals surface area contributed by atoms with Crippen molar-refractivity contribution >= 4 is 0 Å². The van der Waals surface area contributed by atoms with Gasteiger partial charge in [0.05, 0.1) is 12.7 Å². The van der Waals surface area contributed by atoms with E-state index in [9.17, 15) is 5.11 Å². The number of allylic oxidation sites excluding steroid dienone is 1. The van der Waals surface area contributed by atoms with Crippen LogP contribution in [0.2, 0.25) is 0 Å². The molecule has 28 heavy (non-hydrogen) atoms. The summed E-state index contributed by atoms with van der Waals surface area (Å²) in [7, 11) is 0. The van der Waals surface area contributed by atoms with Gasteiger partial charge in [-0.05, 0) is 29.5 Å². The standard InChI is InChI=1S/C26H26O2/c27-25-19-11-10-12-21(25)20-28-26(22-13-4-1-5-14-22,23-15-6-2-7-16-23)24-17-8-3-9-18-24/h1-9,11,13-19,21,25,27H,10,12,20H2/t21-,25-/m0/s1. The Labute approximate surface area is 167 Å². The highest BCUT2D eigenvalue weighted by molar-refractivity contribution is 5.47. The van der Waals surface area contributed by atoms with Crippen molar-refractivity contribution in [2.75, 3.05) is 6.61 Å². The zero-order valence-electron chi connectivity index (χ0n) is 15.9. The second kappa shape index (κ2) is 8.55. The Kier molecular flexibility index (Phi) is 5.70. The third kappa shape index (κ3) is 3.66. The van der Waals surface area contributed by atoms with Crippen LogP contribution in [0, 0.1) is 5.92 Å². The number of benzene rings is 3. The molecule has 0 spiro atoms. The smallest absolute Gasteiger partial charge is 0.143 e. The molecule has 0 saturated carbocycles. The maximum absolute atomic E-state index is 10.4. The van der Waals surface area contributed by atoms with Crippen LogP contribution in [0.4, 0.5) is 0 Å². The topological polar surface area (TPSA) is 29.5 Å². The SMILES string of the molecule is O[C@H]1C=CCC[C@H]1COC(c1ccccc1)(c1ccccc1)c1ccccc1. The number of aliphatic hydroxyl groups excluding tert-OH is 1. The summed E-state index contributed by atoms with van der Waals surface area (Å²) >= 11 is 0. The highest BCUT2D eigenvalue weighted by Gasteiger charge is 2.38. The molecule has 2 atom stereocenters.